The summed E-state index contributed by atoms with van der Waals surface area (Å²) >= 11 is 3.56. The minimum Gasteiger partial charge on any atom is -0.493 e. The molecule has 0 saturated heterocycles. The van der Waals surface area contributed by atoms with Crippen LogP contribution >= 0.6 is 15.9 Å². The Morgan fingerprint density at radius 3 is 2.69 bits per heavy atom. The second-order valence-corrected chi connectivity index (χ2v) is 7.75. The predicted octanol–water partition coefficient (Wildman–Crippen LogP) is 5.35. The summed E-state index contributed by atoms with van der Waals surface area (Å²) < 4.78 is 12.4. The molecule has 4 aromatic rings. The summed E-state index contributed by atoms with van der Waals surface area (Å²) in [6.45, 7) is 0.395. The van der Waals surface area contributed by atoms with Gasteiger partial charge in [0.15, 0.2) is 11.5 Å². The topological polar surface area (TPSA) is 72.8 Å². The number of aromatic nitrogens is 1. The maximum atomic E-state index is 12.1. The van der Waals surface area contributed by atoms with Crippen LogP contribution in [-0.2, 0) is 6.61 Å². The Morgan fingerprint density at radius 1 is 1.09 bits per heavy atom. The summed E-state index contributed by atoms with van der Waals surface area (Å²) in [4.78, 5) is 16.0. The van der Waals surface area contributed by atoms with Crippen LogP contribution in [0.25, 0.3) is 10.8 Å². The number of nitrogens with zero attached hydrogens (tertiary/aromatic N) is 2. The van der Waals surface area contributed by atoms with Crippen LogP contribution in [0.4, 0.5) is 0 Å². The normalized spacial score (nSPS) is 10.9. The molecular formula is C25H20BrN3O3. The zero-order chi connectivity index (χ0) is 22.3. The van der Waals surface area contributed by atoms with Gasteiger partial charge in [0.2, 0.25) is 0 Å². The minimum atomic E-state index is -0.315. The average molecular weight is 490 g/mol. The summed E-state index contributed by atoms with van der Waals surface area (Å²) in [6, 6.07) is 21.2. The zero-order valence-electron chi connectivity index (χ0n) is 17.3. The van der Waals surface area contributed by atoms with Crippen LogP contribution in [0.1, 0.15) is 21.5 Å². The number of hydrazone groups is 1. The maximum Gasteiger partial charge on any atom is 0.271 e. The smallest absolute Gasteiger partial charge is 0.271 e. The highest BCUT2D eigenvalue weighted by atomic mass is 79.9. The Hall–Kier alpha value is -3.71. The SMILES string of the molecule is COc1cc(/C=N\NC(=O)c2ccncc2)cc(Br)c1OCc1cccc2ccccc12. The van der Waals surface area contributed by atoms with Crippen molar-refractivity contribution >= 4 is 38.8 Å². The van der Waals surface area contributed by atoms with Crippen molar-refractivity contribution < 1.29 is 14.3 Å². The third-order valence-electron chi connectivity index (χ3n) is 4.83. The lowest BCUT2D eigenvalue weighted by molar-refractivity contribution is 0.0955. The molecule has 0 aliphatic rings. The van der Waals surface area contributed by atoms with E-state index in [2.05, 4.69) is 55.7 Å². The lowest BCUT2D eigenvalue weighted by Crippen LogP contribution is -2.17. The molecule has 1 aromatic heterocycles. The van der Waals surface area contributed by atoms with Gasteiger partial charge in [-0.2, -0.15) is 5.10 Å². The van der Waals surface area contributed by atoms with E-state index in [4.69, 9.17) is 9.47 Å². The fourth-order valence-electron chi connectivity index (χ4n) is 3.26. The van der Waals surface area contributed by atoms with Gasteiger partial charge in [-0.3, -0.25) is 9.78 Å². The lowest BCUT2D eigenvalue weighted by atomic mass is 10.1. The Morgan fingerprint density at radius 2 is 1.88 bits per heavy atom. The van der Waals surface area contributed by atoms with Crippen molar-refractivity contribution in [1.29, 1.82) is 0 Å². The third-order valence-corrected chi connectivity index (χ3v) is 5.41. The second kappa shape index (κ2) is 10.1. The molecule has 1 N–H and O–H groups in total. The molecule has 0 saturated carbocycles. The van der Waals surface area contributed by atoms with Gasteiger partial charge in [0.1, 0.15) is 6.61 Å². The molecule has 0 unspecified atom stereocenters. The number of amides is 1. The van der Waals surface area contributed by atoms with E-state index in [-0.39, 0.29) is 5.91 Å². The fourth-order valence-corrected chi connectivity index (χ4v) is 3.83. The predicted molar refractivity (Wildman–Crippen MR) is 128 cm³/mol. The van der Waals surface area contributed by atoms with Crippen LogP contribution in [0.15, 0.2) is 88.7 Å². The molecule has 0 aliphatic carbocycles. The number of methoxy groups -OCH3 is 1. The molecule has 3 aromatic carbocycles. The highest BCUT2D eigenvalue weighted by molar-refractivity contribution is 9.10. The summed E-state index contributed by atoms with van der Waals surface area (Å²) in [6.07, 6.45) is 4.65. The summed E-state index contributed by atoms with van der Waals surface area (Å²) in [5, 5.41) is 6.35. The van der Waals surface area contributed by atoms with Gasteiger partial charge in [-0.15, -0.1) is 0 Å². The first-order valence-electron chi connectivity index (χ1n) is 9.86. The maximum absolute atomic E-state index is 12.1. The third kappa shape index (κ3) is 4.95. The van der Waals surface area contributed by atoms with Crippen LogP contribution in [0.2, 0.25) is 0 Å². The lowest BCUT2D eigenvalue weighted by Gasteiger charge is -2.14. The molecule has 0 aliphatic heterocycles. The number of ether oxygens (including phenoxy) is 2. The van der Waals surface area contributed by atoms with Gasteiger partial charge in [0, 0.05) is 18.0 Å². The van der Waals surface area contributed by atoms with Gasteiger partial charge in [0.05, 0.1) is 17.8 Å². The van der Waals surface area contributed by atoms with Crippen LogP contribution in [0, 0.1) is 0 Å². The quantitative estimate of drug-likeness (QED) is 0.280. The van der Waals surface area contributed by atoms with E-state index in [1.54, 1.807) is 43.9 Å². The van der Waals surface area contributed by atoms with E-state index in [0.717, 1.165) is 21.0 Å². The first-order valence-corrected chi connectivity index (χ1v) is 10.7. The Balaban J connectivity index is 1.49. The van der Waals surface area contributed by atoms with E-state index < -0.39 is 0 Å². The number of benzene rings is 3. The van der Waals surface area contributed by atoms with Crippen molar-refractivity contribution in [3.05, 3.63) is 100 Å². The number of carbonyl (C=O) groups is 1. The van der Waals surface area contributed by atoms with Gasteiger partial charge in [-0.05, 0) is 62.1 Å². The molecular weight excluding hydrogens is 470 g/mol. The van der Waals surface area contributed by atoms with Gasteiger partial charge >= 0.3 is 0 Å². The fraction of sp³-hybridized carbons (Fsp3) is 0.0800. The minimum absolute atomic E-state index is 0.315. The number of fused-ring (bicyclic) bond motifs is 1. The Kier molecular flexibility index (Phi) is 6.77. The van der Waals surface area contributed by atoms with Crippen molar-refractivity contribution in [3.8, 4) is 11.5 Å². The van der Waals surface area contributed by atoms with E-state index in [1.807, 2.05) is 24.3 Å². The molecule has 160 valence electrons. The van der Waals surface area contributed by atoms with Crippen LogP contribution in [0.3, 0.4) is 0 Å². The number of pyridine rings is 1. The van der Waals surface area contributed by atoms with E-state index >= 15 is 0 Å². The molecule has 7 heteroatoms. The first kappa shape index (κ1) is 21.5. The highest BCUT2D eigenvalue weighted by Crippen LogP contribution is 2.37. The summed E-state index contributed by atoms with van der Waals surface area (Å²) in [5.74, 6) is 0.838. The molecule has 6 nitrogen and oxygen atoms in total. The molecule has 1 heterocycles. The van der Waals surface area contributed by atoms with Gasteiger partial charge in [-0.1, -0.05) is 42.5 Å². The molecule has 0 bridgehead atoms. The number of rotatable bonds is 7. The Bertz CT molecular complexity index is 1270. The molecule has 4 rings (SSSR count). The van der Waals surface area contributed by atoms with Crippen LogP contribution in [0.5, 0.6) is 11.5 Å². The average Bonchev–Trinajstić information content (AvgIpc) is 2.83. The summed E-state index contributed by atoms with van der Waals surface area (Å²) in [5.41, 5.74) is 4.80. The van der Waals surface area contributed by atoms with Crippen molar-refractivity contribution in [2.75, 3.05) is 7.11 Å². The highest BCUT2D eigenvalue weighted by Gasteiger charge is 2.12. The van der Waals surface area contributed by atoms with Crippen molar-refractivity contribution in [2.45, 2.75) is 6.61 Å². The largest absolute Gasteiger partial charge is 0.493 e. The second-order valence-electron chi connectivity index (χ2n) is 6.90. The Labute approximate surface area is 194 Å². The van der Waals surface area contributed by atoms with Gasteiger partial charge in [0.25, 0.3) is 5.91 Å². The molecule has 0 spiro atoms. The number of carbonyl (C=O) groups excluding carboxylic acids is 1. The van der Waals surface area contributed by atoms with Gasteiger partial charge < -0.3 is 9.47 Å². The summed E-state index contributed by atoms with van der Waals surface area (Å²) in [7, 11) is 1.58. The number of halogens is 1. The van der Waals surface area contributed by atoms with Gasteiger partial charge in [-0.25, -0.2) is 5.43 Å². The molecule has 1 amide bonds. The standard InChI is InChI=1S/C25H20BrN3O3/c1-31-23-14-17(15-28-29-25(30)19-9-11-27-12-10-19)13-22(26)24(23)32-16-20-7-4-6-18-5-2-3-8-21(18)20/h2-15H,16H2,1H3,(H,29,30)/b28-15-. The molecule has 0 atom stereocenters. The number of hydrogen-bond donors (Lipinski definition) is 1. The number of nitrogens with one attached hydrogen (secondary N) is 1. The van der Waals surface area contributed by atoms with E-state index in [9.17, 15) is 4.79 Å². The van der Waals surface area contributed by atoms with Crippen molar-refractivity contribution in [2.24, 2.45) is 5.10 Å². The van der Waals surface area contributed by atoms with Crippen molar-refractivity contribution in [1.82, 2.24) is 10.4 Å². The first-order chi connectivity index (χ1) is 15.7. The van der Waals surface area contributed by atoms with E-state index in [1.165, 1.54) is 5.39 Å². The van der Waals surface area contributed by atoms with Crippen LogP contribution < -0.4 is 14.9 Å². The molecule has 0 radical (unpaired) electrons. The van der Waals surface area contributed by atoms with Crippen molar-refractivity contribution in [3.63, 3.8) is 0 Å². The molecule has 0 fully saturated rings. The number of hydrogen-bond acceptors (Lipinski definition) is 5. The molecule has 32 heavy (non-hydrogen) atoms. The van der Waals surface area contributed by atoms with E-state index in [0.29, 0.717) is 23.7 Å². The zero-order valence-corrected chi connectivity index (χ0v) is 18.9. The van der Waals surface area contributed by atoms with Crippen LogP contribution in [-0.4, -0.2) is 24.2 Å². The monoisotopic (exact) mass is 489 g/mol.